The lowest BCUT2D eigenvalue weighted by Gasteiger charge is -2.19. The molecule has 7 aromatic carbocycles. The van der Waals surface area contributed by atoms with Crippen molar-refractivity contribution in [1.29, 1.82) is 0 Å². The summed E-state index contributed by atoms with van der Waals surface area (Å²) in [7, 11) is -0.880. The van der Waals surface area contributed by atoms with E-state index in [9.17, 15) is 0 Å². The van der Waals surface area contributed by atoms with E-state index in [1.54, 1.807) is 0 Å². The molecule has 0 aromatic heterocycles. The summed E-state index contributed by atoms with van der Waals surface area (Å²) in [4.78, 5) is 0. The Morgan fingerprint density at radius 2 is 0.872 bits per heavy atom. The molecule has 39 heavy (non-hydrogen) atoms. The van der Waals surface area contributed by atoms with Crippen molar-refractivity contribution in [2.45, 2.75) is 0 Å². The summed E-state index contributed by atoms with van der Waals surface area (Å²) >= 11 is 0. The fourth-order valence-electron chi connectivity index (χ4n) is 5.84. The van der Waals surface area contributed by atoms with Crippen LogP contribution in [0.5, 0.6) is 0 Å². The van der Waals surface area contributed by atoms with Crippen LogP contribution in [0, 0.1) is 0 Å². The highest BCUT2D eigenvalue weighted by Gasteiger charge is 2.23. The SMILES string of the molecule is NOB(ON)c1ccc2c(-c3ccc4ccccc4c3)c3ccccc3c(-c3ccc4ccccc4c3)c2c1. The molecular formula is C34H25BN2O2. The smallest absolute Gasteiger partial charge is 0.324 e. The highest BCUT2D eigenvalue weighted by atomic mass is 16.7. The molecule has 0 aliphatic heterocycles. The van der Waals surface area contributed by atoms with Crippen molar-refractivity contribution in [2.75, 3.05) is 0 Å². The molecule has 0 fully saturated rings. The van der Waals surface area contributed by atoms with Crippen LogP contribution >= 0.6 is 0 Å². The number of hydrogen-bond acceptors (Lipinski definition) is 4. The first kappa shape index (κ1) is 23.6. The molecule has 0 atom stereocenters. The summed E-state index contributed by atoms with van der Waals surface area (Å²) in [6, 6.07) is 45.0. The molecule has 186 valence electrons. The van der Waals surface area contributed by atoms with E-state index in [4.69, 9.17) is 21.3 Å². The second kappa shape index (κ2) is 9.66. The number of nitrogens with two attached hydrogens (primary N) is 2. The standard InChI is InChI=1S/C34H25BN2O2/c36-38-35(39-37)28-17-18-31-32(21-28)34(27-16-14-23-8-2-4-10-25(23)20-27)30-12-6-5-11-29(30)33(31)26-15-13-22-7-1-3-9-24(22)19-26/h1-21H,36-37H2. The normalized spacial score (nSPS) is 11.5. The maximum Gasteiger partial charge on any atom is 0.528 e. The van der Waals surface area contributed by atoms with E-state index < -0.39 is 7.12 Å². The summed E-state index contributed by atoms with van der Waals surface area (Å²) in [5.41, 5.74) is 5.37. The van der Waals surface area contributed by atoms with Gasteiger partial charge in [0.05, 0.1) is 0 Å². The highest BCUT2D eigenvalue weighted by molar-refractivity contribution is 6.61. The van der Waals surface area contributed by atoms with Crippen LogP contribution in [-0.2, 0) is 9.51 Å². The van der Waals surface area contributed by atoms with Gasteiger partial charge in [0.1, 0.15) is 0 Å². The van der Waals surface area contributed by atoms with Crippen molar-refractivity contribution in [2.24, 2.45) is 11.8 Å². The lowest BCUT2D eigenvalue weighted by Crippen LogP contribution is -2.41. The largest absolute Gasteiger partial charge is 0.528 e. The zero-order valence-electron chi connectivity index (χ0n) is 21.2. The Kier molecular flexibility index (Phi) is 5.84. The quantitative estimate of drug-likeness (QED) is 0.149. The number of rotatable bonds is 5. The Labute approximate surface area is 226 Å². The Balaban J connectivity index is 1.62. The molecule has 0 amide bonds. The van der Waals surface area contributed by atoms with E-state index in [0.717, 1.165) is 32.9 Å². The van der Waals surface area contributed by atoms with Gasteiger partial charge in [-0.05, 0) is 82.9 Å². The van der Waals surface area contributed by atoms with Crippen molar-refractivity contribution in [3.8, 4) is 22.3 Å². The summed E-state index contributed by atoms with van der Waals surface area (Å²) in [5, 5.41) is 9.38. The van der Waals surface area contributed by atoms with Gasteiger partial charge in [0.25, 0.3) is 0 Å². The van der Waals surface area contributed by atoms with Crippen LogP contribution in [0.2, 0.25) is 0 Å². The predicted octanol–water partition coefficient (Wildman–Crippen LogP) is 7.11. The predicted molar refractivity (Wildman–Crippen MR) is 163 cm³/mol. The molecule has 7 aromatic rings. The zero-order valence-corrected chi connectivity index (χ0v) is 21.2. The van der Waals surface area contributed by atoms with Crippen LogP contribution < -0.4 is 17.3 Å². The van der Waals surface area contributed by atoms with Crippen molar-refractivity contribution in [3.63, 3.8) is 0 Å². The molecule has 0 saturated heterocycles. The average Bonchev–Trinajstić information content (AvgIpc) is 3.00. The van der Waals surface area contributed by atoms with Gasteiger partial charge in [-0.3, -0.25) is 0 Å². The van der Waals surface area contributed by atoms with E-state index in [1.807, 2.05) is 6.07 Å². The molecule has 0 aliphatic carbocycles. The maximum atomic E-state index is 5.53. The van der Waals surface area contributed by atoms with Crippen LogP contribution in [0.4, 0.5) is 0 Å². The molecule has 0 unspecified atom stereocenters. The molecule has 0 saturated carbocycles. The van der Waals surface area contributed by atoms with Gasteiger partial charge in [-0.2, -0.15) is 0 Å². The second-order valence-corrected chi connectivity index (χ2v) is 9.83. The topological polar surface area (TPSA) is 70.5 Å². The third-order valence-electron chi connectivity index (χ3n) is 7.64. The van der Waals surface area contributed by atoms with Gasteiger partial charge >= 0.3 is 7.12 Å². The Bertz CT molecular complexity index is 2020. The van der Waals surface area contributed by atoms with E-state index in [2.05, 4.69) is 121 Å². The molecular weight excluding hydrogens is 479 g/mol. The van der Waals surface area contributed by atoms with Crippen molar-refractivity contribution < 1.29 is 9.51 Å². The number of fused-ring (bicyclic) bond motifs is 4. The van der Waals surface area contributed by atoms with Crippen molar-refractivity contribution in [3.05, 3.63) is 127 Å². The molecule has 7 rings (SSSR count). The molecule has 4 N–H and O–H groups in total. The van der Waals surface area contributed by atoms with Gasteiger partial charge in [0, 0.05) is 0 Å². The second-order valence-electron chi connectivity index (χ2n) is 9.83. The number of hydrogen-bond donors (Lipinski definition) is 2. The van der Waals surface area contributed by atoms with Crippen LogP contribution in [0.1, 0.15) is 0 Å². The van der Waals surface area contributed by atoms with Gasteiger partial charge in [0.2, 0.25) is 0 Å². The Morgan fingerprint density at radius 3 is 1.41 bits per heavy atom. The first-order valence-electron chi connectivity index (χ1n) is 12.9. The van der Waals surface area contributed by atoms with E-state index >= 15 is 0 Å². The molecule has 4 nitrogen and oxygen atoms in total. The summed E-state index contributed by atoms with van der Waals surface area (Å²) < 4.78 is 10.1. The fraction of sp³-hybridized carbons (Fsp3) is 0. The molecule has 5 heteroatoms. The Morgan fingerprint density at radius 1 is 0.410 bits per heavy atom. The lowest BCUT2D eigenvalue weighted by molar-refractivity contribution is 0.216. The minimum atomic E-state index is -0.880. The summed E-state index contributed by atoms with van der Waals surface area (Å²) in [6.45, 7) is 0. The van der Waals surface area contributed by atoms with E-state index in [1.165, 1.54) is 37.9 Å². The summed E-state index contributed by atoms with van der Waals surface area (Å²) in [5.74, 6) is 11.1. The van der Waals surface area contributed by atoms with Crippen molar-refractivity contribution >= 4 is 55.7 Å². The maximum absolute atomic E-state index is 5.53. The highest BCUT2D eigenvalue weighted by Crippen LogP contribution is 2.44. The van der Waals surface area contributed by atoms with Crippen LogP contribution in [0.3, 0.4) is 0 Å². The first-order valence-corrected chi connectivity index (χ1v) is 12.9. The lowest BCUT2D eigenvalue weighted by atomic mass is 9.76. The van der Waals surface area contributed by atoms with Gasteiger partial charge < -0.3 is 9.51 Å². The Hall–Kier alpha value is -4.52. The van der Waals surface area contributed by atoms with E-state index in [0.29, 0.717) is 0 Å². The van der Waals surface area contributed by atoms with Crippen LogP contribution in [0.15, 0.2) is 127 Å². The first-order chi connectivity index (χ1) is 19.2. The summed E-state index contributed by atoms with van der Waals surface area (Å²) in [6.07, 6.45) is 0. The monoisotopic (exact) mass is 504 g/mol. The van der Waals surface area contributed by atoms with Gasteiger partial charge in [-0.15, -0.1) is 0 Å². The average molecular weight is 504 g/mol. The molecule has 0 spiro atoms. The van der Waals surface area contributed by atoms with E-state index in [-0.39, 0.29) is 0 Å². The molecule has 0 heterocycles. The van der Waals surface area contributed by atoms with Gasteiger partial charge in [0.15, 0.2) is 0 Å². The number of benzene rings is 7. The minimum Gasteiger partial charge on any atom is -0.324 e. The molecule has 0 bridgehead atoms. The fourth-order valence-corrected chi connectivity index (χ4v) is 5.84. The minimum absolute atomic E-state index is 0.745. The van der Waals surface area contributed by atoms with Crippen LogP contribution in [-0.4, -0.2) is 7.12 Å². The van der Waals surface area contributed by atoms with Crippen LogP contribution in [0.25, 0.3) is 65.3 Å². The molecule has 0 aliphatic rings. The third kappa shape index (κ3) is 3.97. The molecule has 0 radical (unpaired) electrons. The van der Waals surface area contributed by atoms with Gasteiger partial charge in [-0.1, -0.05) is 115 Å². The third-order valence-corrected chi connectivity index (χ3v) is 7.64. The zero-order chi connectivity index (χ0) is 26.3. The van der Waals surface area contributed by atoms with Gasteiger partial charge in [-0.25, -0.2) is 11.8 Å². The van der Waals surface area contributed by atoms with Crippen molar-refractivity contribution in [1.82, 2.24) is 0 Å².